The maximum Gasteiger partial charge on any atom is 0.153 e. The van der Waals surface area contributed by atoms with E-state index < -0.39 is 11.7 Å². The van der Waals surface area contributed by atoms with E-state index in [4.69, 9.17) is 0 Å². The summed E-state index contributed by atoms with van der Waals surface area (Å²) < 4.78 is 36.1. The van der Waals surface area contributed by atoms with Gasteiger partial charge in [0.05, 0.1) is 17.3 Å². The van der Waals surface area contributed by atoms with Crippen molar-refractivity contribution in [2.75, 3.05) is 68.0 Å². The lowest BCUT2D eigenvalue weighted by molar-refractivity contribution is 0.209. The zero-order valence-corrected chi connectivity index (χ0v) is 37.4. The number of allylic oxidation sites excluding steroid dienone is 7. The van der Waals surface area contributed by atoms with Gasteiger partial charge in [0.2, 0.25) is 0 Å². The molecule has 0 radical (unpaired) electrons. The second-order valence-electron chi connectivity index (χ2n) is 17.6. The van der Waals surface area contributed by atoms with Crippen molar-refractivity contribution in [3.05, 3.63) is 139 Å². The minimum absolute atomic E-state index is 0.0770. The average molecular weight is 858 g/mol. The molecular formula is C50H61F2N9S. The molecule has 5 heterocycles. The van der Waals surface area contributed by atoms with Crippen molar-refractivity contribution in [3.8, 4) is 11.1 Å². The number of pyridine rings is 1. The quantitative estimate of drug-likeness (QED) is 0.0928. The van der Waals surface area contributed by atoms with Gasteiger partial charge in [-0.2, -0.15) is 0 Å². The smallest absolute Gasteiger partial charge is 0.153 e. The van der Waals surface area contributed by atoms with Gasteiger partial charge in [0.1, 0.15) is 11.5 Å². The minimum atomic E-state index is -0.597. The number of H-pyrrole nitrogens is 1. The van der Waals surface area contributed by atoms with Gasteiger partial charge in [0.25, 0.3) is 0 Å². The summed E-state index contributed by atoms with van der Waals surface area (Å²) in [6, 6.07) is 19.7. The molecule has 1 unspecified atom stereocenters. The number of nitrogens with zero attached hydrogens (tertiary/aromatic N) is 5. The molecule has 3 fully saturated rings. The molecule has 2 aromatic carbocycles. The van der Waals surface area contributed by atoms with E-state index in [0.29, 0.717) is 22.5 Å². The molecule has 2 aromatic heterocycles. The van der Waals surface area contributed by atoms with Crippen LogP contribution in [0.2, 0.25) is 0 Å². The Morgan fingerprint density at radius 2 is 1.60 bits per heavy atom. The molecule has 9 nitrogen and oxygen atoms in total. The molecule has 0 bridgehead atoms. The number of benzene rings is 2. The van der Waals surface area contributed by atoms with E-state index in [2.05, 4.69) is 122 Å². The van der Waals surface area contributed by atoms with Crippen LogP contribution in [0.5, 0.6) is 0 Å². The normalized spacial score (nSPS) is 19.6. The lowest BCUT2D eigenvalue weighted by Crippen LogP contribution is -2.47. The van der Waals surface area contributed by atoms with Gasteiger partial charge in [0.15, 0.2) is 5.83 Å². The summed E-state index contributed by atoms with van der Waals surface area (Å²) in [6.07, 6.45) is 9.22. The van der Waals surface area contributed by atoms with Gasteiger partial charge in [-0.3, -0.25) is 0 Å². The van der Waals surface area contributed by atoms with Crippen LogP contribution in [0.3, 0.4) is 0 Å². The van der Waals surface area contributed by atoms with Crippen LogP contribution < -0.4 is 25.2 Å². The molecule has 62 heavy (non-hydrogen) atoms. The third-order valence-corrected chi connectivity index (χ3v) is 14.1. The fourth-order valence-corrected chi connectivity index (χ4v) is 9.69. The number of piperidine rings is 2. The number of aromatic amines is 1. The predicted molar refractivity (Wildman–Crippen MR) is 257 cm³/mol. The van der Waals surface area contributed by atoms with E-state index >= 15 is 8.78 Å². The second-order valence-corrected chi connectivity index (χ2v) is 18.6. The van der Waals surface area contributed by atoms with E-state index in [1.54, 1.807) is 6.20 Å². The lowest BCUT2D eigenvalue weighted by Gasteiger charge is -2.44. The van der Waals surface area contributed by atoms with Gasteiger partial charge < -0.3 is 35.0 Å². The molecule has 4 aliphatic rings. The van der Waals surface area contributed by atoms with E-state index in [9.17, 15) is 0 Å². The fourth-order valence-electron chi connectivity index (χ4n) is 9.10. The highest BCUT2D eigenvalue weighted by atomic mass is 32.2. The Balaban J connectivity index is 0.831. The maximum atomic E-state index is 15.8. The average Bonchev–Trinajstić information content (AvgIpc) is 3.71. The Morgan fingerprint density at radius 3 is 2.27 bits per heavy atom. The lowest BCUT2D eigenvalue weighted by atomic mass is 9.76. The second kappa shape index (κ2) is 18.5. The standard InChI is InChI=1S/C50H61F2N9S/c1-8-58(7)62-57-46-20-18-44(51)47(48(46)52)35(4)43-32-54-49-42(43)29-38(31-53-49)37-10-14-40(15-11-37)61-27-25-59(26-28-61)34(3)30-50(6)21-23-60(24-22-50)41-16-12-39(13-17-41)56-45-19-9-33(2)55-36(45)5/h10-17,29,31-32,45,55-57H,2-5,8-9,18-28,30H2,1,6-7H3,(H,53,54). The Labute approximate surface area is 370 Å². The summed E-state index contributed by atoms with van der Waals surface area (Å²) in [5.74, 6) is -1.09. The van der Waals surface area contributed by atoms with Gasteiger partial charge in [-0.15, -0.1) is 0 Å². The number of rotatable bonds is 14. The summed E-state index contributed by atoms with van der Waals surface area (Å²) in [4.78, 5) is 15.3. The Bertz CT molecular complexity index is 2380. The van der Waals surface area contributed by atoms with Crippen molar-refractivity contribution >= 4 is 45.8 Å². The molecule has 1 atom stereocenters. The first-order chi connectivity index (χ1) is 29.9. The Kier molecular flexibility index (Phi) is 12.9. The highest BCUT2D eigenvalue weighted by Crippen LogP contribution is 2.42. The monoisotopic (exact) mass is 857 g/mol. The van der Waals surface area contributed by atoms with Crippen molar-refractivity contribution in [1.82, 2.24) is 29.2 Å². The van der Waals surface area contributed by atoms with E-state index in [1.807, 2.05) is 30.5 Å². The molecule has 8 rings (SSSR count). The maximum absolute atomic E-state index is 15.8. The summed E-state index contributed by atoms with van der Waals surface area (Å²) in [5.41, 5.74) is 10.9. The van der Waals surface area contributed by atoms with Gasteiger partial charge in [0, 0.05) is 127 Å². The van der Waals surface area contributed by atoms with Gasteiger partial charge >= 0.3 is 0 Å². The number of nitrogens with one attached hydrogen (secondary N) is 4. The van der Waals surface area contributed by atoms with Crippen molar-refractivity contribution in [3.63, 3.8) is 0 Å². The zero-order valence-electron chi connectivity index (χ0n) is 36.6. The van der Waals surface area contributed by atoms with Crippen molar-refractivity contribution in [2.45, 2.75) is 64.8 Å². The third kappa shape index (κ3) is 9.46. The number of aromatic nitrogens is 2. The first kappa shape index (κ1) is 43.2. The SMILES string of the molecule is C=C1CCC(Nc2ccc(N3CCC(C)(CC(=C)N4CCN(c5ccc(-c6cnc7[nH]cc(C(=C)C8=C(F)CCC(NSN(C)CC)=C8F)c7c6)cc5)CC4)CC3)cc2)C(=C)N1. The first-order valence-corrected chi connectivity index (χ1v) is 22.8. The highest BCUT2D eigenvalue weighted by molar-refractivity contribution is 7.95. The molecule has 0 spiro atoms. The number of hydrogen-bond acceptors (Lipinski definition) is 9. The number of halogens is 2. The number of fused-ring (bicyclic) bond motifs is 1. The zero-order chi connectivity index (χ0) is 43.5. The van der Waals surface area contributed by atoms with Gasteiger partial charge in [-0.25, -0.2) is 18.1 Å². The molecule has 3 aliphatic heterocycles. The third-order valence-electron chi connectivity index (χ3n) is 13.2. The predicted octanol–water partition coefficient (Wildman–Crippen LogP) is 11.1. The van der Waals surface area contributed by atoms with Gasteiger partial charge in [-0.05, 0) is 105 Å². The molecule has 4 N–H and O–H groups in total. The van der Waals surface area contributed by atoms with Crippen LogP contribution in [-0.2, 0) is 0 Å². The number of anilines is 3. The Hall–Kier alpha value is -5.46. The molecule has 12 heteroatoms. The summed E-state index contributed by atoms with van der Waals surface area (Å²) in [6.45, 7) is 28.1. The molecular weight excluding hydrogens is 797 g/mol. The molecule has 0 amide bonds. The minimum Gasteiger partial charge on any atom is -0.377 e. The topological polar surface area (TPSA) is 77.7 Å². The van der Waals surface area contributed by atoms with Crippen LogP contribution in [0.15, 0.2) is 133 Å². The van der Waals surface area contributed by atoms with Crippen LogP contribution in [-0.4, -0.2) is 78.1 Å². The van der Waals surface area contributed by atoms with Crippen LogP contribution in [0.4, 0.5) is 25.8 Å². The van der Waals surface area contributed by atoms with E-state index in [1.165, 1.54) is 29.2 Å². The number of piperazine rings is 1. The molecule has 4 aromatic rings. The molecule has 326 valence electrons. The number of hydrogen-bond donors (Lipinski definition) is 4. The van der Waals surface area contributed by atoms with Crippen LogP contribution >= 0.6 is 12.1 Å². The molecule has 0 saturated carbocycles. The highest BCUT2D eigenvalue weighted by Gasteiger charge is 2.33. The van der Waals surface area contributed by atoms with Crippen molar-refractivity contribution < 1.29 is 8.78 Å². The van der Waals surface area contributed by atoms with Crippen molar-refractivity contribution in [2.24, 2.45) is 5.41 Å². The first-order valence-electron chi connectivity index (χ1n) is 22.0. The molecule has 1 aliphatic carbocycles. The molecule has 3 saturated heterocycles. The van der Waals surface area contributed by atoms with Crippen LogP contribution in [0.25, 0.3) is 27.7 Å². The largest absolute Gasteiger partial charge is 0.377 e. The van der Waals surface area contributed by atoms with E-state index in [-0.39, 0.29) is 29.9 Å². The summed E-state index contributed by atoms with van der Waals surface area (Å²) in [5, 5.41) is 7.69. The van der Waals surface area contributed by atoms with Crippen LogP contribution in [0.1, 0.15) is 64.4 Å². The van der Waals surface area contributed by atoms with E-state index in [0.717, 1.165) is 112 Å². The summed E-state index contributed by atoms with van der Waals surface area (Å²) >= 11 is 1.30. The summed E-state index contributed by atoms with van der Waals surface area (Å²) in [7, 11) is 1.91. The van der Waals surface area contributed by atoms with Crippen LogP contribution in [0, 0.1) is 5.41 Å². The Morgan fingerprint density at radius 1 is 0.919 bits per heavy atom. The van der Waals surface area contributed by atoms with Gasteiger partial charge in [-0.1, -0.05) is 52.3 Å². The fraction of sp³-hybridized carbons (Fsp3) is 0.380. The van der Waals surface area contributed by atoms with Crippen molar-refractivity contribution in [1.29, 1.82) is 0 Å².